The third kappa shape index (κ3) is 1.81. The number of H-pyrrole nitrogens is 1. The molecule has 1 heterocycles. The Morgan fingerprint density at radius 3 is 2.57 bits per heavy atom. The van der Waals surface area contributed by atoms with E-state index in [1.54, 1.807) is 12.1 Å². The Labute approximate surface area is 122 Å². The molecule has 106 valence electrons. The zero-order valence-electron chi connectivity index (χ0n) is 11.1. The number of benzene rings is 2. The second-order valence-electron chi connectivity index (χ2n) is 5.32. The minimum Gasteiger partial charge on any atom is -0.358 e. The number of fused-ring (bicyclic) bond motifs is 5. The van der Waals surface area contributed by atoms with E-state index in [9.17, 15) is 13.0 Å². The van der Waals surface area contributed by atoms with Crippen LogP contribution in [0.1, 0.15) is 16.5 Å². The molecule has 1 aromatic heterocycles. The zero-order chi connectivity index (χ0) is 14.6. The average molecular weight is 299 g/mol. The Morgan fingerprint density at radius 2 is 1.76 bits per heavy atom. The van der Waals surface area contributed by atoms with Crippen molar-refractivity contribution < 1.29 is 13.0 Å². The Kier molecular flexibility index (Phi) is 2.52. The van der Waals surface area contributed by atoms with Crippen molar-refractivity contribution in [1.82, 2.24) is 4.98 Å². The van der Waals surface area contributed by atoms with E-state index in [2.05, 4.69) is 4.98 Å². The van der Waals surface area contributed by atoms with E-state index in [1.165, 1.54) is 0 Å². The summed E-state index contributed by atoms with van der Waals surface area (Å²) in [5, 5.41) is 0.169. The maximum absolute atomic E-state index is 11.7. The quantitative estimate of drug-likeness (QED) is 0.677. The summed E-state index contributed by atoms with van der Waals surface area (Å²) < 4.78 is 33.0. The molecule has 1 atom stereocenters. The molecule has 0 bridgehead atoms. The number of aromatic amines is 1. The third-order valence-electron chi connectivity index (χ3n) is 4.11. The summed E-state index contributed by atoms with van der Waals surface area (Å²) >= 11 is 0. The lowest BCUT2D eigenvalue weighted by Gasteiger charge is -2.23. The van der Waals surface area contributed by atoms with Gasteiger partial charge in [0.15, 0.2) is 0 Å². The highest BCUT2D eigenvalue weighted by molar-refractivity contribution is 7.86. The topological polar surface area (TPSA) is 70.2 Å². The Morgan fingerprint density at radius 1 is 1.05 bits per heavy atom. The molecule has 1 aliphatic carbocycles. The highest BCUT2D eigenvalue weighted by Crippen LogP contribution is 2.44. The van der Waals surface area contributed by atoms with Crippen LogP contribution < -0.4 is 0 Å². The van der Waals surface area contributed by atoms with Gasteiger partial charge in [-0.25, -0.2) is 0 Å². The van der Waals surface area contributed by atoms with Gasteiger partial charge in [0, 0.05) is 28.6 Å². The molecule has 3 aromatic rings. The van der Waals surface area contributed by atoms with E-state index in [0.717, 1.165) is 27.7 Å². The van der Waals surface area contributed by atoms with Crippen LogP contribution in [0.4, 0.5) is 0 Å². The molecule has 0 fully saturated rings. The summed E-state index contributed by atoms with van der Waals surface area (Å²) in [6, 6.07) is 15.3. The molecule has 4 rings (SSSR count). The standard InChI is InChI=1S/C16H13NO3S/c18-21(19,20)15-9-14-16(11-6-2-1-5-10(11)15)12-7-3-4-8-13(12)17-14/h1-8,15,17H,9H2,(H,18,19,20). The molecule has 5 heteroatoms. The van der Waals surface area contributed by atoms with E-state index in [1.807, 2.05) is 36.4 Å². The molecule has 0 aliphatic heterocycles. The molecule has 2 N–H and O–H groups in total. The van der Waals surface area contributed by atoms with Gasteiger partial charge < -0.3 is 4.98 Å². The van der Waals surface area contributed by atoms with Crippen LogP contribution >= 0.6 is 0 Å². The van der Waals surface area contributed by atoms with Crippen LogP contribution in [0.2, 0.25) is 0 Å². The monoisotopic (exact) mass is 299 g/mol. The maximum Gasteiger partial charge on any atom is 0.272 e. The first-order chi connectivity index (χ1) is 10.1. The third-order valence-corrected chi connectivity index (χ3v) is 5.25. The minimum atomic E-state index is -4.14. The van der Waals surface area contributed by atoms with E-state index < -0.39 is 15.4 Å². The number of para-hydroxylation sites is 1. The van der Waals surface area contributed by atoms with Crippen molar-refractivity contribution >= 4 is 21.0 Å². The van der Waals surface area contributed by atoms with Gasteiger partial charge in [-0.15, -0.1) is 0 Å². The number of nitrogens with one attached hydrogen (secondary N) is 1. The Hall–Kier alpha value is -2.11. The lowest BCUT2D eigenvalue weighted by atomic mass is 9.88. The maximum atomic E-state index is 11.7. The predicted molar refractivity (Wildman–Crippen MR) is 81.7 cm³/mol. The molecule has 0 spiro atoms. The van der Waals surface area contributed by atoms with Crippen LogP contribution in [0, 0.1) is 0 Å². The van der Waals surface area contributed by atoms with Gasteiger partial charge in [-0.1, -0.05) is 42.5 Å². The smallest absolute Gasteiger partial charge is 0.272 e. The van der Waals surface area contributed by atoms with Gasteiger partial charge in [-0.2, -0.15) is 8.42 Å². The van der Waals surface area contributed by atoms with Crippen molar-refractivity contribution in [3.63, 3.8) is 0 Å². The van der Waals surface area contributed by atoms with Crippen LogP contribution in [-0.2, 0) is 16.5 Å². The molecule has 0 saturated carbocycles. The highest BCUT2D eigenvalue weighted by Gasteiger charge is 2.34. The molecule has 0 radical (unpaired) electrons. The fourth-order valence-corrected chi connectivity index (χ4v) is 4.13. The van der Waals surface area contributed by atoms with Crippen LogP contribution in [-0.4, -0.2) is 18.0 Å². The van der Waals surface area contributed by atoms with Crippen LogP contribution in [0.5, 0.6) is 0 Å². The normalized spacial score (nSPS) is 17.5. The van der Waals surface area contributed by atoms with E-state index in [4.69, 9.17) is 0 Å². The van der Waals surface area contributed by atoms with Gasteiger partial charge in [0.25, 0.3) is 10.1 Å². The molecular formula is C16H13NO3S. The van der Waals surface area contributed by atoms with Crippen molar-refractivity contribution in [2.75, 3.05) is 0 Å². The molecular weight excluding hydrogens is 286 g/mol. The summed E-state index contributed by atoms with van der Waals surface area (Å²) in [5.41, 5.74) is 4.42. The highest BCUT2D eigenvalue weighted by atomic mass is 32.2. The van der Waals surface area contributed by atoms with Gasteiger partial charge in [-0.3, -0.25) is 4.55 Å². The first-order valence-electron chi connectivity index (χ1n) is 6.71. The van der Waals surface area contributed by atoms with Crippen molar-refractivity contribution in [2.24, 2.45) is 0 Å². The van der Waals surface area contributed by atoms with Crippen LogP contribution in [0.3, 0.4) is 0 Å². The first kappa shape index (κ1) is 12.6. The number of hydrogen-bond donors (Lipinski definition) is 2. The summed E-state index contributed by atoms with van der Waals surface area (Å²) in [7, 11) is -4.14. The molecule has 0 amide bonds. The van der Waals surface area contributed by atoms with Crippen LogP contribution in [0.25, 0.3) is 22.0 Å². The van der Waals surface area contributed by atoms with Gasteiger partial charge in [0.2, 0.25) is 0 Å². The first-order valence-corrected chi connectivity index (χ1v) is 8.21. The molecule has 0 saturated heterocycles. The molecule has 4 nitrogen and oxygen atoms in total. The molecule has 2 aromatic carbocycles. The van der Waals surface area contributed by atoms with Crippen molar-refractivity contribution in [1.29, 1.82) is 0 Å². The number of hydrogen-bond acceptors (Lipinski definition) is 2. The average Bonchev–Trinajstić information content (AvgIpc) is 2.84. The van der Waals surface area contributed by atoms with Crippen molar-refractivity contribution in [3.8, 4) is 11.1 Å². The predicted octanol–water partition coefficient (Wildman–Crippen LogP) is 3.32. The fraction of sp³-hybridized carbons (Fsp3) is 0.125. The largest absolute Gasteiger partial charge is 0.358 e. The molecule has 1 aliphatic rings. The van der Waals surface area contributed by atoms with E-state index in [0.29, 0.717) is 5.56 Å². The lowest BCUT2D eigenvalue weighted by molar-refractivity contribution is 0.467. The number of aromatic nitrogens is 1. The van der Waals surface area contributed by atoms with Crippen molar-refractivity contribution in [2.45, 2.75) is 11.7 Å². The minimum absolute atomic E-state index is 0.264. The zero-order valence-corrected chi connectivity index (χ0v) is 11.9. The van der Waals surface area contributed by atoms with E-state index in [-0.39, 0.29) is 6.42 Å². The van der Waals surface area contributed by atoms with Gasteiger partial charge >= 0.3 is 0 Å². The summed E-state index contributed by atoms with van der Waals surface area (Å²) in [5.74, 6) is 0. The Bertz CT molecular complexity index is 957. The SMILES string of the molecule is O=S(=O)(O)C1Cc2[nH]c3ccccc3c2-c2ccccc21. The lowest BCUT2D eigenvalue weighted by Crippen LogP contribution is -2.19. The van der Waals surface area contributed by atoms with Gasteiger partial charge in [0.05, 0.1) is 0 Å². The van der Waals surface area contributed by atoms with Crippen molar-refractivity contribution in [3.05, 3.63) is 59.8 Å². The van der Waals surface area contributed by atoms with E-state index >= 15 is 0 Å². The molecule has 21 heavy (non-hydrogen) atoms. The second kappa shape index (κ2) is 4.19. The second-order valence-corrected chi connectivity index (χ2v) is 6.92. The molecule has 1 unspecified atom stereocenters. The Balaban J connectivity index is 2.09. The summed E-state index contributed by atoms with van der Waals surface area (Å²) in [6.07, 6.45) is 0.264. The summed E-state index contributed by atoms with van der Waals surface area (Å²) in [6.45, 7) is 0. The van der Waals surface area contributed by atoms with Gasteiger partial charge in [-0.05, 0) is 17.2 Å². The fourth-order valence-electron chi connectivity index (χ4n) is 3.23. The van der Waals surface area contributed by atoms with Crippen LogP contribution in [0.15, 0.2) is 48.5 Å². The summed E-state index contributed by atoms with van der Waals surface area (Å²) in [4.78, 5) is 3.28. The van der Waals surface area contributed by atoms with Gasteiger partial charge in [0.1, 0.15) is 5.25 Å². The number of rotatable bonds is 1.